The van der Waals surface area contributed by atoms with E-state index in [-0.39, 0.29) is 23.5 Å². The fourth-order valence-electron chi connectivity index (χ4n) is 4.03. The number of anilines is 2. The average Bonchev–Trinajstić information content (AvgIpc) is 3.56. The minimum atomic E-state index is -0.284. The molecule has 1 aliphatic rings. The Morgan fingerprint density at radius 2 is 1.85 bits per heavy atom. The predicted molar refractivity (Wildman–Crippen MR) is 136 cm³/mol. The number of carbonyl (C=O) groups excluding carboxylic acids is 2. The fraction of sp³-hybridized carbons (Fsp3) is 0.192. The van der Waals surface area contributed by atoms with Crippen LogP contribution in [0.4, 0.5) is 10.8 Å². The molecule has 1 heterocycles. The summed E-state index contributed by atoms with van der Waals surface area (Å²) in [7, 11) is 0. The summed E-state index contributed by atoms with van der Waals surface area (Å²) in [5.41, 5.74) is 3.54. The van der Waals surface area contributed by atoms with Gasteiger partial charge < -0.3 is 15.7 Å². The molecule has 1 saturated carbocycles. The number of phenols is 1. The highest BCUT2D eigenvalue weighted by Gasteiger charge is 2.37. The number of rotatable bonds is 6. The molecule has 8 heteroatoms. The third kappa shape index (κ3) is 4.62. The number of nitrogens with zero attached hydrogens (tertiary/aromatic N) is 1. The van der Waals surface area contributed by atoms with Gasteiger partial charge in [-0.3, -0.25) is 9.59 Å². The Morgan fingerprint density at radius 3 is 2.56 bits per heavy atom. The third-order valence-corrected chi connectivity index (χ3v) is 7.22. The van der Waals surface area contributed by atoms with Crippen molar-refractivity contribution in [1.82, 2.24) is 4.98 Å². The van der Waals surface area contributed by atoms with E-state index >= 15 is 0 Å². The molecule has 2 amide bonds. The maximum Gasteiger partial charge on any atom is 0.255 e. The number of thiazole rings is 1. The largest absolute Gasteiger partial charge is 0.508 e. The van der Waals surface area contributed by atoms with E-state index < -0.39 is 0 Å². The lowest BCUT2D eigenvalue weighted by Crippen LogP contribution is -2.22. The zero-order valence-corrected chi connectivity index (χ0v) is 19.9. The smallest absolute Gasteiger partial charge is 0.255 e. The van der Waals surface area contributed by atoms with Gasteiger partial charge in [-0.25, -0.2) is 4.98 Å². The van der Waals surface area contributed by atoms with Gasteiger partial charge in [0.1, 0.15) is 5.75 Å². The Balaban J connectivity index is 1.35. The molecule has 0 saturated heterocycles. The fourth-order valence-corrected chi connectivity index (χ4v) is 5.20. The maximum absolute atomic E-state index is 13.1. The van der Waals surface area contributed by atoms with Crippen LogP contribution < -0.4 is 10.6 Å². The molecular weight excluding hydrogens is 470 g/mol. The second-order valence-electron chi connectivity index (χ2n) is 8.48. The molecule has 5 rings (SSSR count). The molecule has 4 aromatic rings. The van der Waals surface area contributed by atoms with Gasteiger partial charge in [0.25, 0.3) is 5.91 Å². The highest BCUT2D eigenvalue weighted by molar-refractivity contribution is 7.22. The lowest BCUT2D eigenvalue weighted by atomic mass is 9.93. The van der Waals surface area contributed by atoms with Crippen molar-refractivity contribution in [2.45, 2.75) is 25.7 Å². The standard InChI is InChI=1S/C26H22ClN3O3S/c1-14-3-2-4-19(27)23(14)29-24(32)17-9-12-20-21(13-17)34-26(28-20)30-25(33)22(15-5-6-15)16-7-10-18(31)11-8-16/h2-4,7-13,15,22,31H,5-6H2,1H3,(H,29,32)(H,28,30,33). The van der Waals surface area contributed by atoms with Gasteiger partial charge in [0.05, 0.1) is 26.8 Å². The second-order valence-corrected chi connectivity index (χ2v) is 9.92. The maximum atomic E-state index is 13.1. The number of fused-ring (bicyclic) bond motifs is 1. The first-order valence-electron chi connectivity index (χ1n) is 11.0. The highest BCUT2D eigenvalue weighted by Crippen LogP contribution is 2.43. The Hall–Kier alpha value is -3.42. The number of hydrogen-bond donors (Lipinski definition) is 3. The Morgan fingerprint density at radius 1 is 1.09 bits per heavy atom. The summed E-state index contributed by atoms with van der Waals surface area (Å²) >= 11 is 7.56. The van der Waals surface area contributed by atoms with Crippen LogP contribution in [0.25, 0.3) is 10.2 Å². The lowest BCUT2D eigenvalue weighted by molar-refractivity contribution is -0.118. The van der Waals surface area contributed by atoms with Crippen molar-refractivity contribution in [3.63, 3.8) is 0 Å². The molecule has 1 unspecified atom stereocenters. The van der Waals surface area contributed by atoms with Gasteiger partial charge in [-0.1, -0.05) is 47.2 Å². The summed E-state index contributed by atoms with van der Waals surface area (Å²) < 4.78 is 0.798. The monoisotopic (exact) mass is 491 g/mol. The van der Waals surface area contributed by atoms with Crippen LogP contribution in [0.15, 0.2) is 60.7 Å². The number of amides is 2. The summed E-state index contributed by atoms with van der Waals surface area (Å²) in [4.78, 5) is 30.5. The van der Waals surface area contributed by atoms with Gasteiger partial charge in [0.15, 0.2) is 5.13 Å². The van der Waals surface area contributed by atoms with Crippen molar-refractivity contribution in [1.29, 1.82) is 0 Å². The molecule has 1 fully saturated rings. The number of nitrogens with one attached hydrogen (secondary N) is 2. The first kappa shape index (κ1) is 22.4. The molecule has 0 spiro atoms. The normalized spacial score (nSPS) is 14.1. The van der Waals surface area contributed by atoms with Crippen molar-refractivity contribution >= 4 is 55.8 Å². The first-order valence-corrected chi connectivity index (χ1v) is 12.2. The number of benzene rings is 3. The summed E-state index contributed by atoms with van der Waals surface area (Å²) in [6.45, 7) is 1.88. The number of aryl methyl sites for hydroxylation is 1. The van der Waals surface area contributed by atoms with E-state index in [9.17, 15) is 14.7 Å². The number of carbonyl (C=O) groups is 2. The minimum absolute atomic E-state index is 0.112. The van der Waals surface area contributed by atoms with Crippen molar-refractivity contribution in [2.24, 2.45) is 5.92 Å². The van der Waals surface area contributed by atoms with E-state index in [0.717, 1.165) is 28.7 Å². The summed E-state index contributed by atoms with van der Waals surface area (Å²) in [6.07, 6.45) is 2.00. The van der Waals surface area contributed by atoms with Gasteiger partial charge in [-0.2, -0.15) is 0 Å². The minimum Gasteiger partial charge on any atom is -0.508 e. The van der Waals surface area contributed by atoms with Gasteiger partial charge in [-0.05, 0) is 73.2 Å². The lowest BCUT2D eigenvalue weighted by Gasteiger charge is -2.15. The van der Waals surface area contributed by atoms with Gasteiger partial charge >= 0.3 is 0 Å². The molecular formula is C26H22ClN3O3S. The molecule has 0 radical (unpaired) electrons. The van der Waals surface area contributed by atoms with Crippen LogP contribution >= 0.6 is 22.9 Å². The van der Waals surface area contributed by atoms with Crippen LogP contribution in [0.2, 0.25) is 5.02 Å². The van der Waals surface area contributed by atoms with Crippen LogP contribution in [0, 0.1) is 12.8 Å². The SMILES string of the molecule is Cc1cccc(Cl)c1NC(=O)c1ccc2nc(NC(=O)C(c3ccc(O)cc3)C3CC3)sc2c1. The molecule has 3 aromatic carbocycles. The van der Waals surface area contributed by atoms with E-state index in [2.05, 4.69) is 15.6 Å². The highest BCUT2D eigenvalue weighted by atomic mass is 35.5. The van der Waals surface area contributed by atoms with Crippen LogP contribution in [0.5, 0.6) is 5.75 Å². The molecule has 0 aliphatic heterocycles. The number of para-hydroxylation sites is 1. The Labute approximate surface area is 205 Å². The number of phenolic OH excluding ortho intramolecular Hbond substituents is 1. The van der Waals surface area contributed by atoms with Crippen LogP contribution in [-0.2, 0) is 4.79 Å². The Kier molecular flexibility index (Phi) is 5.98. The molecule has 6 nitrogen and oxygen atoms in total. The van der Waals surface area contributed by atoms with Gasteiger partial charge in [0, 0.05) is 5.56 Å². The van der Waals surface area contributed by atoms with E-state index in [0.29, 0.717) is 32.8 Å². The summed E-state index contributed by atoms with van der Waals surface area (Å²) in [5, 5.41) is 16.4. The number of hydrogen-bond acceptors (Lipinski definition) is 5. The zero-order chi connectivity index (χ0) is 23.8. The number of aromatic nitrogens is 1. The predicted octanol–water partition coefficient (Wildman–Crippen LogP) is 6.35. The van der Waals surface area contributed by atoms with Gasteiger partial charge in [0.2, 0.25) is 5.91 Å². The summed E-state index contributed by atoms with van der Waals surface area (Å²) in [6, 6.07) is 17.5. The Bertz CT molecular complexity index is 1380. The second kappa shape index (κ2) is 9.08. The molecule has 172 valence electrons. The first-order chi connectivity index (χ1) is 16.4. The molecule has 3 N–H and O–H groups in total. The molecule has 1 atom stereocenters. The van der Waals surface area contributed by atoms with Crippen LogP contribution in [-0.4, -0.2) is 21.9 Å². The number of aromatic hydroxyl groups is 1. The van der Waals surface area contributed by atoms with Crippen LogP contribution in [0.1, 0.15) is 40.2 Å². The van der Waals surface area contributed by atoms with E-state index in [1.165, 1.54) is 11.3 Å². The van der Waals surface area contributed by atoms with E-state index in [1.54, 1.807) is 48.5 Å². The number of halogens is 1. The molecule has 34 heavy (non-hydrogen) atoms. The zero-order valence-electron chi connectivity index (χ0n) is 18.3. The summed E-state index contributed by atoms with van der Waals surface area (Å²) in [5.74, 6) is -0.192. The van der Waals surface area contributed by atoms with Crippen LogP contribution in [0.3, 0.4) is 0 Å². The molecule has 1 aromatic heterocycles. The van der Waals surface area contributed by atoms with E-state index in [4.69, 9.17) is 11.6 Å². The van der Waals surface area contributed by atoms with Gasteiger partial charge in [-0.15, -0.1) is 0 Å². The quantitative estimate of drug-likeness (QED) is 0.293. The third-order valence-electron chi connectivity index (χ3n) is 5.97. The van der Waals surface area contributed by atoms with Crippen molar-refractivity contribution < 1.29 is 14.7 Å². The average molecular weight is 492 g/mol. The topological polar surface area (TPSA) is 91.3 Å². The van der Waals surface area contributed by atoms with E-state index in [1.807, 2.05) is 19.1 Å². The van der Waals surface area contributed by atoms with Crippen molar-refractivity contribution in [3.8, 4) is 5.75 Å². The molecule has 0 bridgehead atoms. The molecule has 1 aliphatic carbocycles. The van der Waals surface area contributed by atoms with Crippen molar-refractivity contribution in [3.05, 3.63) is 82.4 Å². The van der Waals surface area contributed by atoms with Crippen molar-refractivity contribution in [2.75, 3.05) is 10.6 Å².